The number of amides is 1. The van der Waals surface area contributed by atoms with Gasteiger partial charge in [0, 0.05) is 23.9 Å². The van der Waals surface area contributed by atoms with E-state index in [9.17, 15) is 4.79 Å². The molecule has 148 valence electrons. The second-order valence-corrected chi connectivity index (χ2v) is 5.99. The second-order valence-electron chi connectivity index (χ2n) is 5.99. The predicted octanol–water partition coefficient (Wildman–Crippen LogP) is 2.59. The quantitative estimate of drug-likeness (QED) is 0.609. The van der Waals surface area contributed by atoms with Crippen LogP contribution in [0.4, 0.5) is 0 Å². The average molecular weight is 394 g/mol. The van der Waals surface area contributed by atoms with E-state index in [0.29, 0.717) is 41.3 Å². The smallest absolute Gasteiger partial charge is 0.246 e. The van der Waals surface area contributed by atoms with Crippen LogP contribution in [0.15, 0.2) is 47.1 Å². The first-order chi connectivity index (χ1) is 14.2. The first-order valence-corrected chi connectivity index (χ1v) is 8.98. The number of carbonyl (C=O) groups is 1. The number of aromatic nitrogens is 3. The van der Waals surface area contributed by atoms with Gasteiger partial charge in [0.1, 0.15) is 0 Å². The molecule has 1 N–H and O–H groups in total. The first-order valence-electron chi connectivity index (χ1n) is 8.98. The maximum Gasteiger partial charge on any atom is 0.246 e. The highest BCUT2D eigenvalue weighted by Gasteiger charge is 2.13. The van der Waals surface area contributed by atoms with Gasteiger partial charge in [-0.3, -0.25) is 4.79 Å². The fourth-order valence-electron chi connectivity index (χ4n) is 2.60. The molecule has 2 aromatic heterocycles. The van der Waals surface area contributed by atoms with Crippen molar-refractivity contribution in [1.29, 1.82) is 0 Å². The molecule has 1 aliphatic rings. The van der Waals surface area contributed by atoms with E-state index < -0.39 is 0 Å². The van der Waals surface area contributed by atoms with Crippen molar-refractivity contribution in [3.63, 3.8) is 0 Å². The van der Waals surface area contributed by atoms with Gasteiger partial charge in [-0.2, -0.15) is 4.98 Å². The average Bonchev–Trinajstić information content (AvgIpc) is 3.40. The van der Waals surface area contributed by atoms with Gasteiger partial charge in [-0.25, -0.2) is 4.98 Å². The van der Waals surface area contributed by atoms with Gasteiger partial charge in [0.15, 0.2) is 11.5 Å². The van der Waals surface area contributed by atoms with Crippen LogP contribution in [0.3, 0.4) is 0 Å². The van der Waals surface area contributed by atoms with Gasteiger partial charge in [0.25, 0.3) is 0 Å². The fraction of sp³-hybridized carbons (Fsp3) is 0.200. The summed E-state index contributed by atoms with van der Waals surface area (Å²) in [7, 11) is 0. The number of nitrogens with one attached hydrogen (secondary N) is 1. The lowest BCUT2D eigenvalue weighted by Gasteiger charge is -2.00. The summed E-state index contributed by atoms with van der Waals surface area (Å²) < 4.78 is 21.0. The van der Waals surface area contributed by atoms with Crippen molar-refractivity contribution in [2.24, 2.45) is 0 Å². The third kappa shape index (κ3) is 4.52. The van der Waals surface area contributed by atoms with Crippen molar-refractivity contribution in [3.8, 4) is 28.8 Å². The molecule has 0 unspecified atom stereocenters. The minimum absolute atomic E-state index is 0.113. The normalized spacial score (nSPS) is 12.3. The number of hydrogen-bond acceptors (Lipinski definition) is 8. The first kappa shape index (κ1) is 18.5. The molecule has 1 amide bonds. The van der Waals surface area contributed by atoms with E-state index in [1.54, 1.807) is 36.5 Å². The standard InChI is InChI=1S/C20H18N4O5/c1-2-26-18-8-5-14(10-22-18)20-23-19(29-24-20)11-21-17(25)7-4-13-3-6-15-16(9-13)28-12-27-15/h3-10H,2,11-12H2,1H3,(H,21,25). The van der Waals surface area contributed by atoms with Crippen LogP contribution in [0.5, 0.6) is 17.4 Å². The highest BCUT2D eigenvalue weighted by Crippen LogP contribution is 2.32. The number of pyridine rings is 1. The van der Waals surface area contributed by atoms with Gasteiger partial charge >= 0.3 is 0 Å². The summed E-state index contributed by atoms with van der Waals surface area (Å²) in [5.74, 6) is 2.28. The van der Waals surface area contributed by atoms with Crippen LogP contribution in [-0.2, 0) is 11.3 Å². The Balaban J connectivity index is 1.31. The number of fused-ring (bicyclic) bond motifs is 1. The van der Waals surface area contributed by atoms with Crippen molar-refractivity contribution in [2.45, 2.75) is 13.5 Å². The monoisotopic (exact) mass is 394 g/mol. The van der Waals surface area contributed by atoms with Crippen LogP contribution in [0.2, 0.25) is 0 Å². The Morgan fingerprint density at radius 2 is 2.14 bits per heavy atom. The molecule has 0 bridgehead atoms. The topological polar surface area (TPSA) is 109 Å². The molecule has 9 heteroatoms. The molecule has 0 spiro atoms. The molecular weight excluding hydrogens is 376 g/mol. The minimum atomic E-state index is -0.287. The van der Waals surface area contributed by atoms with Crippen molar-refractivity contribution in [2.75, 3.05) is 13.4 Å². The van der Waals surface area contributed by atoms with Gasteiger partial charge in [0.05, 0.1) is 13.2 Å². The van der Waals surface area contributed by atoms with Crippen molar-refractivity contribution in [1.82, 2.24) is 20.4 Å². The predicted molar refractivity (Wildman–Crippen MR) is 102 cm³/mol. The molecule has 0 aliphatic carbocycles. The van der Waals surface area contributed by atoms with Crippen LogP contribution < -0.4 is 19.5 Å². The maximum absolute atomic E-state index is 12.0. The zero-order chi connectivity index (χ0) is 20.1. The van der Waals surface area contributed by atoms with Gasteiger partial charge in [-0.1, -0.05) is 11.2 Å². The van der Waals surface area contributed by atoms with E-state index >= 15 is 0 Å². The number of rotatable bonds is 7. The Morgan fingerprint density at radius 3 is 2.97 bits per heavy atom. The molecule has 3 aromatic rings. The van der Waals surface area contributed by atoms with E-state index in [2.05, 4.69) is 20.4 Å². The third-order valence-electron chi connectivity index (χ3n) is 3.99. The Labute approximate surface area is 166 Å². The van der Waals surface area contributed by atoms with Gasteiger partial charge in [-0.05, 0) is 36.8 Å². The summed E-state index contributed by atoms with van der Waals surface area (Å²) in [6.45, 7) is 2.75. The van der Waals surface area contributed by atoms with Crippen LogP contribution in [0.1, 0.15) is 18.4 Å². The summed E-state index contributed by atoms with van der Waals surface area (Å²) in [5, 5.41) is 6.60. The molecule has 0 radical (unpaired) electrons. The second kappa shape index (κ2) is 8.42. The highest BCUT2D eigenvalue weighted by atomic mass is 16.7. The lowest BCUT2D eigenvalue weighted by Crippen LogP contribution is -2.20. The fourth-order valence-corrected chi connectivity index (χ4v) is 2.60. The summed E-state index contributed by atoms with van der Waals surface area (Å²) >= 11 is 0. The molecule has 0 atom stereocenters. The van der Waals surface area contributed by atoms with Crippen LogP contribution in [0, 0.1) is 0 Å². The van der Waals surface area contributed by atoms with Crippen LogP contribution >= 0.6 is 0 Å². The Morgan fingerprint density at radius 1 is 1.24 bits per heavy atom. The Kier molecular flexibility index (Phi) is 5.37. The van der Waals surface area contributed by atoms with Crippen molar-refractivity contribution < 1.29 is 23.5 Å². The van der Waals surface area contributed by atoms with Crippen LogP contribution in [-0.4, -0.2) is 34.4 Å². The van der Waals surface area contributed by atoms with E-state index in [1.807, 2.05) is 13.0 Å². The summed E-state index contributed by atoms with van der Waals surface area (Å²) in [6.07, 6.45) is 4.71. The van der Waals surface area contributed by atoms with Gasteiger partial charge in [-0.15, -0.1) is 0 Å². The largest absolute Gasteiger partial charge is 0.478 e. The SMILES string of the molecule is CCOc1ccc(-c2noc(CNC(=O)C=Cc3ccc4c(c3)OCO4)n2)cn1. The summed E-state index contributed by atoms with van der Waals surface area (Å²) in [6, 6.07) is 8.97. The molecule has 29 heavy (non-hydrogen) atoms. The van der Waals surface area contributed by atoms with E-state index in [0.717, 1.165) is 5.56 Å². The number of hydrogen-bond donors (Lipinski definition) is 1. The molecule has 9 nitrogen and oxygen atoms in total. The number of nitrogens with zero attached hydrogens (tertiary/aromatic N) is 3. The molecule has 0 saturated carbocycles. The highest BCUT2D eigenvalue weighted by molar-refractivity contribution is 5.91. The third-order valence-corrected chi connectivity index (χ3v) is 3.99. The van der Waals surface area contributed by atoms with E-state index in [1.165, 1.54) is 6.08 Å². The molecule has 0 saturated heterocycles. The van der Waals surface area contributed by atoms with Crippen molar-refractivity contribution >= 4 is 12.0 Å². The zero-order valence-corrected chi connectivity index (χ0v) is 15.6. The van der Waals surface area contributed by atoms with Crippen LogP contribution in [0.25, 0.3) is 17.5 Å². The molecule has 1 aliphatic heterocycles. The molecule has 1 aromatic carbocycles. The Bertz CT molecular complexity index is 1030. The Hall–Kier alpha value is -3.88. The summed E-state index contributed by atoms with van der Waals surface area (Å²) in [4.78, 5) is 20.5. The number of benzene rings is 1. The maximum atomic E-state index is 12.0. The molecule has 0 fully saturated rings. The molecule has 4 rings (SSSR count). The van der Waals surface area contributed by atoms with Crippen molar-refractivity contribution in [3.05, 3.63) is 54.1 Å². The summed E-state index contributed by atoms with van der Waals surface area (Å²) in [5.41, 5.74) is 1.52. The minimum Gasteiger partial charge on any atom is -0.478 e. The lowest BCUT2D eigenvalue weighted by atomic mass is 10.2. The number of carbonyl (C=O) groups excluding carboxylic acids is 1. The lowest BCUT2D eigenvalue weighted by molar-refractivity contribution is -0.116. The van der Waals surface area contributed by atoms with Gasteiger partial charge in [0.2, 0.25) is 30.3 Å². The number of ether oxygens (including phenoxy) is 3. The molecule has 3 heterocycles. The van der Waals surface area contributed by atoms with Gasteiger partial charge < -0.3 is 24.1 Å². The molecular formula is C20H18N4O5. The zero-order valence-electron chi connectivity index (χ0n) is 15.6. The van der Waals surface area contributed by atoms with E-state index in [-0.39, 0.29) is 19.2 Å². The van der Waals surface area contributed by atoms with E-state index in [4.69, 9.17) is 18.7 Å².